The minimum Gasteiger partial charge on any atom is -0.389 e. The van der Waals surface area contributed by atoms with Crippen LogP contribution in [-0.2, 0) is 4.79 Å². The Hall–Kier alpha value is -1.61. The molecule has 0 heterocycles. The maximum atomic E-state index is 11.7. The van der Waals surface area contributed by atoms with E-state index in [1.807, 2.05) is 45.0 Å². The summed E-state index contributed by atoms with van der Waals surface area (Å²) in [5.74, 6) is 0.0710. The molecule has 3 nitrogen and oxygen atoms in total. The lowest BCUT2D eigenvalue weighted by molar-refractivity contribution is -0.121. The molecular formula is C15H21NO2. The normalized spacial score (nSPS) is 13.6. The second kappa shape index (κ2) is 5.83. The lowest BCUT2D eigenvalue weighted by Crippen LogP contribution is -2.17. The topological polar surface area (TPSA) is 49.3 Å². The fraction of sp³-hybridized carbons (Fsp3) is 0.400. The molecule has 0 saturated heterocycles. The number of hydrogen-bond donors (Lipinski definition) is 2. The molecule has 0 bridgehead atoms. The Morgan fingerprint density at radius 3 is 2.61 bits per heavy atom. The van der Waals surface area contributed by atoms with Crippen molar-refractivity contribution in [3.8, 4) is 0 Å². The Bertz CT molecular complexity index is 442. The van der Waals surface area contributed by atoms with Crippen molar-refractivity contribution in [2.24, 2.45) is 5.41 Å². The van der Waals surface area contributed by atoms with Crippen molar-refractivity contribution in [1.29, 1.82) is 0 Å². The monoisotopic (exact) mass is 247 g/mol. The first-order valence-electron chi connectivity index (χ1n) is 6.06. The third kappa shape index (κ3) is 4.34. The number of carbonyl (C=O) groups excluding carboxylic acids is 1. The molecule has 0 saturated carbocycles. The van der Waals surface area contributed by atoms with Gasteiger partial charge >= 0.3 is 0 Å². The minimum atomic E-state index is -0.494. The molecule has 0 aliphatic rings. The van der Waals surface area contributed by atoms with Crippen LogP contribution in [0.2, 0.25) is 0 Å². The number of nitrogens with one attached hydrogen (secondary N) is 1. The highest BCUT2D eigenvalue weighted by molar-refractivity contribution is 5.94. The molecular weight excluding hydrogens is 226 g/mol. The van der Waals surface area contributed by atoms with E-state index >= 15 is 0 Å². The smallest absolute Gasteiger partial charge is 0.162 e. The first-order valence-corrected chi connectivity index (χ1v) is 6.06. The van der Waals surface area contributed by atoms with Crippen LogP contribution in [0.1, 0.15) is 39.4 Å². The van der Waals surface area contributed by atoms with Gasteiger partial charge in [0.1, 0.15) is 0 Å². The van der Waals surface area contributed by atoms with Gasteiger partial charge in [0.2, 0.25) is 0 Å². The Balaban J connectivity index is 2.67. The van der Waals surface area contributed by atoms with Gasteiger partial charge in [0, 0.05) is 17.3 Å². The number of aliphatic hydroxyl groups is 1. The van der Waals surface area contributed by atoms with Crippen LogP contribution < -0.4 is 5.32 Å². The van der Waals surface area contributed by atoms with Gasteiger partial charge in [-0.3, -0.25) is 4.79 Å². The molecule has 1 rings (SSSR count). The molecule has 98 valence electrons. The molecule has 1 aromatic carbocycles. The molecule has 0 spiro atoms. The fourth-order valence-corrected chi connectivity index (χ4v) is 1.35. The number of rotatable bonds is 4. The lowest BCUT2D eigenvalue weighted by atomic mass is 9.91. The summed E-state index contributed by atoms with van der Waals surface area (Å²) in [6, 6.07) is 7.47. The second-order valence-electron chi connectivity index (χ2n) is 5.39. The molecule has 0 amide bonds. The number of aliphatic hydroxyl groups excluding tert-OH is 1. The zero-order valence-electron chi connectivity index (χ0n) is 11.4. The van der Waals surface area contributed by atoms with Crippen LogP contribution >= 0.6 is 0 Å². The number of ketones is 1. The average molecular weight is 247 g/mol. The van der Waals surface area contributed by atoms with E-state index in [1.54, 1.807) is 13.1 Å². The van der Waals surface area contributed by atoms with Crippen LogP contribution in [0.3, 0.4) is 0 Å². The van der Waals surface area contributed by atoms with E-state index in [2.05, 4.69) is 5.32 Å². The molecule has 0 radical (unpaired) electrons. The molecule has 0 unspecified atom stereocenters. The van der Waals surface area contributed by atoms with Gasteiger partial charge in [0.25, 0.3) is 0 Å². The molecule has 0 fully saturated rings. The van der Waals surface area contributed by atoms with Crippen molar-refractivity contribution >= 4 is 11.5 Å². The van der Waals surface area contributed by atoms with Gasteiger partial charge in [-0.15, -0.1) is 0 Å². The first-order chi connectivity index (χ1) is 8.30. The summed E-state index contributed by atoms with van der Waals surface area (Å²) in [7, 11) is 0. The van der Waals surface area contributed by atoms with Crippen LogP contribution in [0, 0.1) is 5.41 Å². The molecule has 0 aromatic heterocycles. The summed E-state index contributed by atoms with van der Waals surface area (Å²) in [6.45, 7) is 7.37. The van der Waals surface area contributed by atoms with E-state index in [4.69, 9.17) is 0 Å². The summed E-state index contributed by atoms with van der Waals surface area (Å²) < 4.78 is 0. The van der Waals surface area contributed by atoms with Gasteiger partial charge < -0.3 is 10.4 Å². The maximum absolute atomic E-state index is 11.7. The SMILES string of the molecule is C[C@H](O)c1cccc(N/C=C/C(=O)C(C)(C)C)c1. The molecule has 2 N–H and O–H groups in total. The third-order valence-electron chi connectivity index (χ3n) is 2.59. The van der Waals surface area contributed by atoms with E-state index in [-0.39, 0.29) is 11.2 Å². The van der Waals surface area contributed by atoms with E-state index in [0.717, 1.165) is 11.3 Å². The molecule has 3 heteroatoms. The number of anilines is 1. The summed E-state index contributed by atoms with van der Waals surface area (Å²) in [6.07, 6.45) is 2.68. The molecule has 0 aliphatic heterocycles. The van der Waals surface area contributed by atoms with Crippen LogP contribution in [0.5, 0.6) is 0 Å². The number of carbonyl (C=O) groups is 1. The molecule has 18 heavy (non-hydrogen) atoms. The highest BCUT2D eigenvalue weighted by Crippen LogP contribution is 2.18. The largest absolute Gasteiger partial charge is 0.389 e. The summed E-state index contributed by atoms with van der Waals surface area (Å²) in [4.78, 5) is 11.7. The fourth-order valence-electron chi connectivity index (χ4n) is 1.35. The predicted molar refractivity (Wildman–Crippen MR) is 74.3 cm³/mol. The highest BCUT2D eigenvalue weighted by Gasteiger charge is 2.17. The van der Waals surface area contributed by atoms with Crippen molar-refractivity contribution in [2.75, 3.05) is 5.32 Å². The van der Waals surface area contributed by atoms with Crippen molar-refractivity contribution in [2.45, 2.75) is 33.8 Å². The van der Waals surface area contributed by atoms with Crippen molar-refractivity contribution in [3.05, 3.63) is 42.1 Å². The van der Waals surface area contributed by atoms with E-state index in [0.29, 0.717) is 0 Å². The van der Waals surface area contributed by atoms with Crippen LogP contribution in [0.25, 0.3) is 0 Å². The lowest BCUT2D eigenvalue weighted by Gasteiger charge is -2.13. The molecule has 0 aliphatic carbocycles. The Kier molecular flexibility index (Phi) is 4.68. The van der Waals surface area contributed by atoms with Crippen molar-refractivity contribution in [3.63, 3.8) is 0 Å². The van der Waals surface area contributed by atoms with E-state index in [9.17, 15) is 9.90 Å². The quantitative estimate of drug-likeness (QED) is 0.803. The summed E-state index contributed by atoms with van der Waals surface area (Å²) in [5, 5.41) is 12.5. The van der Waals surface area contributed by atoms with Gasteiger partial charge in [-0.25, -0.2) is 0 Å². The Morgan fingerprint density at radius 1 is 1.39 bits per heavy atom. The number of allylic oxidation sites excluding steroid dienone is 1. The maximum Gasteiger partial charge on any atom is 0.162 e. The number of hydrogen-bond acceptors (Lipinski definition) is 3. The van der Waals surface area contributed by atoms with Gasteiger partial charge in [-0.2, -0.15) is 0 Å². The van der Waals surface area contributed by atoms with Gasteiger partial charge in [0.15, 0.2) is 5.78 Å². The standard InChI is InChI=1S/C15H21NO2/c1-11(17)12-6-5-7-13(10-12)16-9-8-14(18)15(2,3)4/h5-11,16-17H,1-4H3/b9-8+/t11-/m0/s1. The second-order valence-corrected chi connectivity index (χ2v) is 5.39. The molecule has 1 aromatic rings. The van der Waals surface area contributed by atoms with Crippen LogP contribution in [-0.4, -0.2) is 10.9 Å². The zero-order chi connectivity index (χ0) is 13.8. The molecule has 1 atom stereocenters. The van der Waals surface area contributed by atoms with Crippen LogP contribution in [0.15, 0.2) is 36.5 Å². The number of benzene rings is 1. The first kappa shape index (κ1) is 14.5. The third-order valence-corrected chi connectivity index (χ3v) is 2.59. The van der Waals surface area contributed by atoms with E-state index < -0.39 is 6.10 Å². The highest BCUT2D eigenvalue weighted by atomic mass is 16.3. The van der Waals surface area contributed by atoms with Gasteiger partial charge in [-0.05, 0) is 30.7 Å². The van der Waals surface area contributed by atoms with Crippen LogP contribution in [0.4, 0.5) is 5.69 Å². The summed E-state index contributed by atoms with van der Waals surface area (Å²) in [5.41, 5.74) is 1.33. The van der Waals surface area contributed by atoms with Crippen molar-refractivity contribution in [1.82, 2.24) is 0 Å². The average Bonchev–Trinajstić information content (AvgIpc) is 2.28. The Labute approximate surface area is 109 Å². The minimum absolute atomic E-state index is 0.0710. The predicted octanol–water partition coefficient (Wildman–Crippen LogP) is 3.28. The van der Waals surface area contributed by atoms with E-state index in [1.165, 1.54) is 6.08 Å². The summed E-state index contributed by atoms with van der Waals surface area (Å²) >= 11 is 0. The Morgan fingerprint density at radius 2 is 2.06 bits per heavy atom. The van der Waals surface area contributed by atoms with Gasteiger partial charge in [0.05, 0.1) is 6.10 Å². The van der Waals surface area contributed by atoms with Gasteiger partial charge in [-0.1, -0.05) is 32.9 Å². The zero-order valence-corrected chi connectivity index (χ0v) is 11.4. The van der Waals surface area contributed by atoms with Crippen molar-refractivity contribution < 1.29 is 9.90 Å².